The third kappa shape index (κ3) is 3.53. The van der Waals surface area contributed by atoms with Crippen molar-refractivity contribution in [2.24, 2.45) is 5.84 Å². The lowest BCUT2D eigenvalue weighted by molar-refractivity contribution is 0.413. The Morgan fingerprint density at radius 2 is 1.85 bits per heavy atom. The summed E-state index contributed by atoms with van der Waals surface area (Å²) in [5.41, 5.74) is 4.01. The Labute approximate surface area is 116 Å². The highest BCUT2D eigenvalue weighted by Gasteiger charge is 2.13. The van der Waals surface area contributed by atoms with Gasteiger partial charge in [0.25, 0.3) is 0 Å². The summed E-state index contributed by atoms with van der Waals surface area (Å²) in [5, 5.41) is 0. The third-order valence-electron chi connectivity index (χ3n) is 3.06. The maximum absolute atomic E-state index is 13.3. The molecule has 0 saturated heterocycles. The minimum absolute atomic E-state index is 0.382. The average Bonchev–Trinajstić information content (AvgIpc) is 2.44. The van der Waals surface area contributed by atoms with Crippen molar-refractivity contribution in [3.8, 4) is 5.75 Å². The van der Waals surface area contributed by atoms with Crippen molar-refractivity contribution in [1.82, 2.24) is 5.43 Å². The van der Waals surface area contributed by atoms with Crippen LogP contribution in [0.2, 0.25) is 0 Å². The molecule has 0 fully saturated rings. The number of hydrazine groups is 1. The normalized spacial score (nSPS) is 12.2. The molecule has 0 aromatic heterocycles. The van der Waals surface area contributed by atoms with E-state index >= 15 is 0 Å². The SMILES string of the molecule is COc1cccc(CC(NN)c2cc(F)cc(F)c2)c1. The van der Waals surface area contributed by atoms with E-state index in [4.69, 9.17) is 10.6 Å². The standard InChI is InChI=1S/C15H16F2N2O/c1-20-14-4-2-3-10(5-14)6-15(19-18)11-7-12(16)9-13(17)8-11/h2-5,7-9,15,19H,6,18H2,1H3. The lowest BCUT2D eigenvalue weighted by Crippen LogP contribution is -2.29. The second-order valence-corrected chi connectivity index (χ2v) is 4.48. The first-order chi connectivity index (χ1) is 9.62. The van der Waals surface area contributed by atoms with Gasteiger partial charge in [-0.3, -0.25) is 11.3 Å². The monoisotopic (exact) mass is 278 g/mol. The van der Waals surface area contributed by atoms with Crippen molar-refractivity contribution >= 4 is 0 Å². The minimum atomic E-state index is -0.620. The van der Waals surface area contributed by atoms with Gasteiger partial charge >= 0.3 is 0 Å². The van der Waals surface area contributed by atoms with Crippen LogP contribution in [0.25, 0.3) is 0 Å². The number of ether oxygens (including phenoxy) is 1. The van der Waals surface area contributed by atoms with E-state index in [9.17, 15) is 8.78 Å². The van der Waals surface area contributed by atoms with Gasteiger partial charge in [-0.2, -0.15) is 0 Å². The zero-order chi connectivity index (χ0) is 14.5. The first-order valence-electron chi connectivity index (χ1n) is 6.17. The topological polar surface area (TPSA) is 47.3 Å². The van der Waals surface area contributed by atoms with Gasteiger partial charge in [-0.25, -0.2) is 8.78 Å². The fraction of sp³-hybridized carbons (Fsp3) is 0.200. The molecule has 0 amide bonds. The third-order valence-corrected chi connectivity index (χ3v) is 3.06. The van der Waals surface area contributed by atoms with Crippen molar-refractivity contribution in [3.05, 3.63) is 65.2 Å². The molecule has 3 nitrogen and oxygen atoms in total. The highest BCUT2D eigenvalue weighted by atomic mass is 19.1. The molecule has 106 valence electrons. The van der Waals surface area contributed by atoms with E-state index in [-0.39, 0.29) is 6.04 Å². The summed E-state index contributed by atoms with van der Waals surface area (Å²) in [6.45, 7) is 0. The molecule has 0 aliphatic carbocycles. The van der Waals surface area contributed by atoms with Gasteiger partial charge in [0.2, 0.25) is 0 Å². The molecular weight excluding hydrogens is 262 g/mol. The molecule has 0 heterocycles. The summed E-state index contributed by atoms with van der Waals surface area (Å²) in [4.78, 5) is 0. The van der Waals surface area contributed by atoms with E-state index in [0.717, 1.165) is 17.4 Å². The van der Waals surface area contributed by atoms with Gasteiger partial charge in [-0.15, -0.1) is 0 Å². The molecule has 0 spiro atoms. The quantitative estimate of drug-likeness (QED) is 0.653. The number of rotatable bonds is 5. The summed E-state index contributed by atoms with van der Waals surface area (Å²) in [6.07, 6.45) is 0.497. The van der Waals surface area contributed by atoms with Gasteiger partial charge in [-0.05, 0) is 41.8 Å². The predicted molar refractivity (Wildman–Crippen MR) is 73.1 cm³/mol. The number of halogens is 2. The van der Waals surface area contributed by atoms with Gasteiger partial charge in [0.15, 0.2) is 0 Å². The van der Waals surface area contributed by atoms with Gasteiger partial charge in [0.05, 0.1) is 13.2 Å². The van der Waals surface area contributed by atoms with Crippen LogP contribution >= 0.6 is 0 Å². The van der Waals surface area contributed by atoms with Gasteiger partial charge in [0, 0.05) is 6.07 Å². The summed E-state index contributed by atoms with van der Waals surface area (Å²) in [5.74, 6) is 4.98. The molecule has 0 aliphatic heterocycles. The maximum Gasteiger partial charge on any atom is 0.126 e. The number of benzene rings is 2. The predicted octanol–water partition coefficient (Wildman–Crippen LogP) is 2.72. The molecule has 0 aliphatic rings. The Morgan fingerprint density at radius 1 is 1.15 bits per heavy atom. The van der Waals surface area contributed by atoms with E-state index in [2.05, 4.69) is 5.43 Å². The van der Waals surface area contributed by atoms with Gasteiger partial charge in [0.1, 0.15) is 17.4 Å². The molecule has 1 atom stereocenters. The van der Waals surface area contributed by atoms with Gasteiger partial charge < -0.3 is 4.74 Å². The first kappa shape index (κ1) is 14.4. The molecule has 5 heteroatoms. The molecule has 0 radical (unpaired) electrons. The zero-order valence-electron chi connectivity index (χ0n) is 11.1. The molecule has 2 rings (SSSR count). The van der Waals surface area contributed by atoms with Crippen molar-refractivity contribution in [2.45, 2.75) is 12.5 Å². The number of hydrogen-bond donors (Lipinski definition) is 2. The van der Waals surface area contributed by atoms with Crippen LogP contribution in [0, 0.1) is 11.6 Å². The van der Waals surface area contributed by atoms with Crippen LogP contribution in [0.4, 0.5) is 8.78 Å². The van der Waals surface area contributed by atoms with Crippen LogP contribution < -0.4 is 16.0 Å². The van der Waals surface area contributed by atoms with E-state index in [1.807, 2.05) is 24.3 Å². The fourth-order valence-electron chi connectivity index (χ4n) is 2.08. The van der Waals surface area contributed by atoms with Crippen LogP contribution in [0.1, 0.15) is 17.2 Å². The molecule has 3 N–H and O–H groups in total. The number of methoxy groups -OCH3 is 1. The summed E-state index contributed by atoms with van der Waals surface area (Å²) < 4.78 is 31.6. The highest BCUT2D eigenvalue weighted by Crippen LogP contribution is 2.22. The lowest BCUT2D eigenvalue weighted by Gasteiger charge is -2.17. The van der Waals surface area contributed by atoms with Crippen LogP contribution in [0.15, 0.2) is 42.5 Å². The minimum Gasteiger partial charge on any atom is -0.497 e. The van der Waals surface area contributed by atoms with Crippen LogP contribution in [-0.2, 0) is 6.42 Å². The fourth-order valence-corrected chi connectivity index (χ4v) is 2.08. The van der Waals surface area contributed by atoms with E-state index in [1.165, 1.54) is 12.1 Å². The molecule has 1 unspecified atom stereocenters. The molecular formula is C15H16F2N2O. The van der Waals surface area contributed by atoms with Crippen molar-refractivity contribution in [1.29, 1.82) is 0 Å². The molecule has 2 aromatic rings. The van der Waals surface area contributed by atoms with Crippen LogP contribution in [0.3, 0.4) is 0 Å². The van der Waals surface area contributed by atoms with Crippen molar-refractivity contribution in [3.63, 3.8) is 0 Å². The van der Waals surface area contributed by atoms with E-state index in [1.54, 1.807) is 7.11 Å². The first-order valence-corrected chi connectivity index (χ1v) is 6.17. The Bertz CT molecular complexity index is 570. The smallest absolute Gasteiger partial charge is 0.126 e. The molecule has 0 saturated carbocycles. The average molecular weight is 278 g/mol. The van der Waals surface area contributed by atoms with E-state index in [0.29, 0.717) is 12.0 Å². The second-order valence-electron chi connectivity index (χ2n) is 4.48. The molecule has 0 bridgehead atoms. The van der Waals surface area contributed by atoms with E-state index < -0.39 is 11.6 Å². The number of hydrogen-bond acceptors (Lipinski definition) is 3. The summed E-state index contributed by atoms with van der Waals surface area (Å²) >= 11 is 0. The Kier molecular flexibility index (Phi) is 4.65. The summed E-state index contributed by atoms with van der Waals surface area (Å²) in [6, 6.07) is 10.4. The Hall–Kier alpha value is -1.98. The van der Waals surface area contributed by atoms with Gasteiger partial charge in [-0.1, -0.05) is 12.1 Å². The largest absolute Gasteiger partial charge is 0.497 e. The Morgan fingerprint density at radius 3 is 2.45 bits per heavy atom. The van der Waals surface area contributed by atoms with Crippen molar-refractivity contribution in [2.75, 3.05) is 7.11 Å². The van der Waals surface area contributed by atoms with Crippen LogP contribution in [0.5, 0.6) is 5.75 Å². The molecule has 2 aromatic carbocycles. The number of nitrogens with two attached hydrogens (primary N) is 1. The highest BCUT2D eigenvalue weighted by molar-refractivity contribution is 5.31. The Balaban J connectivity index is 2.23. The van der Waals surface area contributed by atoms with Crippen LogP contribution in [-0.4, -0.2) is 7.11 Å². The maximum atomic E-state index is 13.3. The molecule has 20 heavy (non-hydrogen) atoms. The lowest BCUT2D eigenvalue weighted by atomic mass is 9.99. The number of nitrogens with one attached hydrogen (secondary N) is 1. The van der Waals surface area contributed by atoms with Crippen molar-refractivity contribution < 1.29 is 13.5 Å². The summed E-state index contributed by atoms with van der Waals surface area (Å²) in [7, 11) is 1.58. The second kappa shape index (κ2) is 6.45. The zero-order valence-corrected chi connectivity index (χ0v) is 11.1.